The smallest absolute Gasteiger partial charge is 0.122 e. The maximum absolute atomic E-state index is 11.2. The zero-order valence-corrected chi connectivity index (χ0v) is 15.2. The van der Waals surface area contributed by atoms with E-state index in [1.165, 1.54) is 5.39 Å². The fraction of sp³-hybridized carbons (Fsp3) is 0.0800. The standard InChI is InChI=1S/C25H19NO2/c27-15-19-9-5-11-24(26-19)25(28)23-14-18-8-3-4-10-20(18)21-12-16-6-1-2-7-17(16)13-22(21)23/h1-14,25,27-28H,15H2. The lowest BCUT2D eigenvalue weighted by atomic mass is 9.91. The molecule has 1 atom stereocenters. The third kappa shape index (κ3) is 2.73. The molecule has 0 fully saturated rings. The van der Waals surface area contributed by atoms with Crippen LogP contribution >= 0.6 is 0 Å². The first-order valence-electron chi connectivity index (χ1n) is 9.33. The Bertz CT molecular complexity index is 1330. The van der Waals surface area contributed by atoms with E-state index in [9.17, 15) is 10.2 Å². The van der Waals surface area contributed by atoms with Crippen LogP contribution in [0.2, 0.25) is 0 Å². The van der Waals surface area contributed by atoms with Gasteiger partial charge in [-0.3, -0.25) is 4.98 Å². The van der Waals surface area contributed by atoms with Gasteiger partial charge < -0.3 is 10.2 Å². The zero-order valence-electron chi connectivity index (χ0n) is 15.2. The first kappa shape index (κ1) is 16.9. The molecule has 28 heavy (non-hydrogen) atoms. The molecule has 136 valence electrons. The van der Waals surface area contributed by atoms with Crippen LogP contribution in [0.1, 0.15) is 23.1 Å². The highest BCUT2D eigenvalue weighted by Crippen LogP contribution is 2.36. The molecular weight excluding hydrogens is 346 g/mol. The number of pyridine rings is 1. The predicted molar refractivity (Wildman–Crippen MR) is 113 cm³/mol. The lowest BCUT2D eigenvalue weighted by Gasteiger charge is -2.17. The minimum absolute atomic E-state index is 0.149. The second kappa shape index (κ2) is 6.71. The number of hydrogen-bond acceptors (Lipinski definition) is 3. The van der Waals surface area contributed by atoms with E-state index in [1.54, 1.807) is 12.1 Å². The molecule has 5 aromatic rings. The molecule has 0 saturated carbocycles. The molecule has 5 rings (SSSR count). The van der Waals surface area contributed by atoms with E-state index < -0.39 is 6.10 Å². The molecule has 0 aliphatic carbocycles. The predicted octanol–water partition coefficient (Wildman–Crippen LogP) is 5.12. The van der Waals surface area contributed by atoms with Crippen molar-refractivity contribution in [3.05, 3.63) is 102 Å². The number of aromatic nitrogens is 1. The van der Waals surface area contributed by atoms with Crippen molar-refractivity contribution in [3.8, 4) is 0 Å². The third-order valence-corrected chi connectivity index (χ3v) is 5.32. The largest absolute Gasteiger partial charge is 0.390 e. The summed E-state index contributed by atoms with van der Waals surface area (Å²) < 4.78 is 0. The van der Waals surface area contributed by atoms with Gasteiger partial charge in [0.15, 0.2) is 0 Å². The minimum Gasteiger partial charge on any atom is -0.390 e. The molecule has 0 radical (unpaired) electrons. The maximum atomic E-state index is 11.2. The number of aliphatic hydroxyl groups is 2. The van der Waals surface area contributed by atoms with Crippen LogP contribution in [-0.2, 0) is 6.61 Å². The number of fused-ring (bicyclic) bond motifs is 4. The van der Waals surface area contributed by atoms with Gasteiger partial charge in [0.05, 0.1) is 18.0 Å². The van der Waals surface area contributed by atoms with Crippen LogP contribution in [-0.4, -0.2) is 15.2 Å². The Morgan fingerprint density at radius 1 is 0.679 bits per heavy atom. The molecule has 0 amide bonds. The monoisotopic (exact) mass is 365 g/mol. The molecule has 2 N–H and O–H groups in total. The van der Waals surface area contributed by atoms with Crippen molar-refractivity contribution in [2.75, 3.05) is 0 Å². The Hall–Kier alpha value is -3.27. The number of aliphatic hydroxyl groups excluding tert-OH is 2. The van der Waals surface area contributed by atoms with Gasteiger partial charge in [0.2, 0.25) is 0 Å². The van der Waals surface area contributed by atoms with Crippen molar-refractivity contribution in [3.63, 3.8) is 0 Å². The molecular formula is C25H19NO2. The van der Waals surface area contributed by atoms with Gasteiger partial charge in [-0.1, -0.05) is 54.6 Å². The molecule has 4 aromatic carbocycles. The highest BCUT2D eigenvalue weighted by molar-refractivity contribution is 6.13. The molecule has 3 heteroatoms. The lowest BCUT2D eigenvalue weighted by molar-refractivity contribution is 0.215. The normalized spacial score (nSPS) is 12.6. The molecule has 0 aliphatic heterocycles. The summed E-state index contributed by atoms with van der Waals surface area (Å²) in [6.45, 7) is -0.149. The van der Waals surface area contributed by atoms with Crippen molar-refractivity contribution >= 4 is 32.3 Å². The molecule has 0 saturated heterocycles. The van der Waals surface area contributed by atoms with Gasteiger partial charge in [0, 0.05) is 0 Å². The molecule has 1 aromatic heterocycles. The van der Waals surface area contributed by atoms with Crippen molar-refractivity contribution in [2.45, 2.75) is 12.7 Å². The highest BCUT2D eigenvalue weighted by atomic mass is 16.3. The topological polar surface area (TPSA) is 53.4 Å². The lowest BCUT2D eigenvalue weighted by Crippen LogP contribution is -2.05. The number of hydrogen-bond donors (Lipinski definition) is 2. The van der Waals surface area contributed by atoms with Crippen molar-refractivity contribution in [1.82, 2.24) is 4.98 Å². The molecule has 1 heterocycles. The summed E-state index contributed by atoms with van der Waals surface area (Å²) in [6.07, 6.45) is -0.875. The number of benzene rings is 4. The molecule has 1 unspecified atom stereocenters. The second-order valence-electron chi connectivity index (χ2n) is 7.05. The van der Waals surface area contributed by atoms with Crippen LogP contribution < -0.4 is 0 Å². The minimum atomic E-state index is -0.875. The summed E-state index contributed by atoms with van der Waals surface area (Å²) in [5.74, 6) is 0. The fourth-order valence-electron chi connectivity index (χ4n) is 3.94. The van der Waals surface area contributed by atoms with Gasteiger partial charge in [0.25, 0.3) is 0 Å². The van der Waals surface area contributed by atoms with Gasteiger partial charge >= 0.3 is 0 Å². The molecule has 0 spiro atoms. The van der Waals surface area contributed by atoms with E-state index >= 15 is 0 Å². The van der Waals surface area contributed by atoms with E-state index in [0.717, 1.165) is 32.5 Å². The van der Waals surface area contributed by atoms with Gasteiger partial charge in [-0.15, -0.1) is 0 Å². The average molecular weight is 365 g/mol. The van der Waals surface area contributed by atoms with Crippen LogP contribution in [0.4, 0.5) is 0 Å². The summed E-state index contributed by atoms with van der Waals surface area (Å²) in [5.41, 5.74) is 1.91. The van der Waals surface area contributed by atoms with Crippen LogP contribution in [0, 0.1) is 0 Å². The Kier molecular flexibility index (Phi) is 4.05. The summed E-state index contributed by atoms with van der Waals surface area (Å²) in [6, 6.07) is 28.3. The zero-order chi connectivity index (χ0) is 19.1. The van der Waals surface area contributed by atoms with Crippen LogP contribution in [0.5, 0.6) is 0 Å². The summed E-state index contributed by atoms with van der Waals surface area (Å²) in [5, 5.41) is 27.3. The van der Waals surface area contributed by atoms with Gasteiger partial charge in [-0.25, -0.2) is 0 Å². The Morgan fingerprint density at radius 3 is 2.11 bits per heavy atom. The van der Waals surface area contributed by atoms with Gasteiger partial charge in [-0.05, 0) is 68.2 Å². The first-order chi connectivity index (χ1) is 13.7. The van der Waals surface area contributed by atoms with Gasteiger partial charge in [0.1, 0.15) is 6.10 Å². The first-order valence-corrected chi connectivity index (χ1v) is 9.33. The average Bonchev–Trinajstić information content (AvgIpc) is 2.77. The molecule has 3 nitrogen and oxygen atoms in total. The van der Waals surface area contributed by atoms with E-state index in [0.29, 0.717) is 11.4 Å². The Morgan fingerprint density at radius 2 is 1.36 bits per heavy atom. The van der Waals surface area contributed by atoms with Crippen molar-refractivity contribution < 1.29 is 10.2 Å². The second-order valence-corrected chi connectivity index (χ2v) is 7.05. The molecule has 0 bridgehead atoms. The van der Waals surface area contributed by atoms with Crippen LogP contribution in [0.3, 0.4) is 0 Å². The quantitative estimate of drug-likeness (QED) is 0.345. The highest BCUT2D eigenvalue weighted by Gasteiger charge is 2.18. The summed E-state index contributed by atoms with van der Waals surface area (Å²) in [4.78, 5) is 4.42. The van der Waals surface area contributed by atoms with Crippen LogP contribution in [0.15, 0.2) is 84.9 Å². The maximum Gasteiger partial charge on any atom is 0.122 e. The summed E-state index contributed by atoms with van der Waals surface area (Å²) >= 11 is 0. The summed E-state index contributed by atoms with van der Waals surface area (Å²) in [7, 11) is 0. The van der Waals surface area contributed by atoms with E-state index in [2.05, 4.69) is 41.4 Å². The van der Waals surface area contributed by atoms with E-state index in [1.807, 2.05) is 36.4 Å². The number of nitrogens with zero attached hydrogens (tertiary/aromatic N) is 1. The Balaban J connectivity index is 1.84. The van der Waals surface area contributed by atoms with Gasteiger partial charge in [-0.2, -0.15) is 0 Å². The van der Waals surface area contributed by atoms with E-state index in [-0.39, 0.29) is 6.61 Å². The number of rotatable bonds is 3. The Labute approximate surface area is 162 Å². The fourth-order valence-corrected chi connectivity index (χ4v) is 3.94. The van der Waals surface area contributed by atoms with Crippen molar-refractivity contribution in [2.24, 2.45) is 0 Å². The van der Waals surface area contributed by atoms with Crippen LogP contribution in [0.25, 0.3) is 32.3 Å². The van der Waals surface area contributed by atoms with E-state index in [4.69, 9.17) is 0 Å². The SMILES string of the molecule is OCc1cccc(C(O)c2cc3ccccc3c3cc4ccccc4cc23)n1. The van der Waals surface area contributed by atoms with Crippen molar-refractivity contribution in [1.29, 1.82) is 0 Å². The molecule has 0 aliphatic rings. The third-order valence-electron chi connectivity index (χ3n) is 5.32.